The molecule has 2 aliphatic heterocycles. The van der Waals surface area contributed by atoms with Gasteiger partial charge in [0.05, 0.1) is 19.1 Å². The average molecular weight is 1260 g/mol. The standard InChI is InChI=1S/C67H126N2O15P2/c1-8-13-17-21-24-27-28-29-30-31-32-34-36-40-44-48-58(71)68-61-65(79-51-49-54(6)46-42-38-20-16-11-4)63(83-85(74)75)56(12-5)81-66(61)80-53-57-62(73)64(78-50-45-41-37-26-23-19-15-10-3)60(67(82-57)84-86(7,76)77)69-59(72)52-55(70)47-43-39-35-33-25-22-18-14-9-2/h27-28,54,56-57,60-67,73H,8-26,29-53H2,1-7H3,(H3-,68,69,71,72,74,75,76,77)/p+1/b28-27-. The lowest BCUT2D eigenvalue weighted by atomic mass is 9.94. The smallest absolute Gasteiger partial charge is 0.388 e. The van der Waals surface area contributed by atoms with Gasteiger partial charge in [-0.15, -0.1) is 9.42 Å². The molecule has 0 aromatic carbocycles. The number of unbranched alkanes of at least 4 members (excludes halogenated alkanes) is 30. The number of carbonyl (C=O) groups is 3. The highest BCUT2D eigenvalue weighted by molar-refractivity contribution is 7.51. The zero-order valence-electron chi connectivity index (χ0n) is 55.3. The van der Waals surface area contributed by atoms with E-state index in [1.165, 1.54) is 103 Å². The summed E-state index contributed by atoms with van der Waals surface area (Å²) < 4.78 is 69.5. The number of hydrogen-bond acceptors (Lipinski definition) is 13. The van der Waals surface area contributed by atoms with Crippen molar-refractivity contribution in [3.63, 3.8) is 0 Å². The van der Waals surface area contributed by atoms with E-state index >= 15 is 0 Å². The van der Waals surface area contributed by atoms with Gasteiger partial charge in [0, 0.05) is 37.3 Å². The first-order valence-corrected chi connectivity index (χ1v) is 38.1. The summed E-state index contributed by atoms with van der Waals surface area (Å²) in [7, 11) is -7.46. The van der Waals surface area contributed by atoms with Crippen LogP contribution in [0.2, 0.25) is 0 Å². The zero-order chi connectivity index (χ0) is 63.1. The van der Waals surface area contributed by atoms with E-state index in [-0.39, 0.29) is 37.7 Å². The van der Waals surface area contributed by atoms with Crippen molar-refractivity contribution in [1.82, 2.24) is 10.6 Å². The topological polar surface area (TPSA) is 235 Å². The molecule has 2 heterocycles. The van der Waals surface area contributed by atoms with Crippen molar-refractivity contribution >= 4 is 33.4 Å². The summed E-state index contributed by atoms with van der Waals surface area (Å²) in [5.41, 5.74) is 0. The van der Waals surface area contributed by atoms with Gasteiger partial charge in [0.15, 0.2) is 18.7 Å². The molecule has 13 unspecified atom stereocenters. The molecule has 2 fully saturated rings. The van der Waals surface area contributed by atoms with Crippen LogP contribution in [0.1, 0.15) is 305 Å². The van der Waals surface area contributed by atoms with Crippen molar-refractivity contribution in [2.75, 3.05) is 26.5 Å². The lowest BCUT2D eigenvalue weighted by Crippen LogP contribution is -2.67. The molecule has 17 nitrogen and oxygen atoms in total. The number of hydrogen-bond donors (Lipinski definition) is 5. The second-order valence-electron chi connectivity index (χ2n) is 25.1. The van der Waals surface area contributed by atoms with Gasteiger partial charge in [-0.05, 0) is 63.7 Å². The van der Waals surface area contributed by atoms with E-state index in [1.54, 1.807) is 0 Å². The van der Waals surface area contributed by atoms with E-state index in [0.717, 1.165) is 116 Å². The maximum atomic E-state index is 14.1. The molecule has 0 aromatic heterocycles. The molecule has 504 valence electrons. The summed E-state index contributed by atoms with van der Waals surface area (Å²) in [6.45, 7) is 13.9. The molecule has 2 aliphatic rings. The molecule has 0 bridgehead atoms. The van der Waals surface area contributed by atoms with Crippen LogP contribution in [-0.2, 0) is 56.2 Å². The molecule has 0 aromatic rings. The maximum Gasteiger partial charge on any atom is 0.695 e. The van der Waals surface area contributed by atoms with Crippen LogP contribution in [0.4, 0.5) is 0 Å². The number of allylic oxidation sites excluding steroid dienone is 2. The summed E-state index contributed by atoms with van der Waals surface area (Å²) in [4.78, 5) is 61.9. The molecule has 86 heavy (non-hydrogen) atoms. The Kier molecular flexibility index (Phi) is 48.5. The van der Waals surface area contributed by atoms with E-state index in [0.29, 0.717) is 38.0 Å². The molecular formula is C67H127N2O15P2+. The third kappa shape index (κ3) is 38.9. The van der Waals surface area contributed by atoms with Crippen LogP contribution in [0.5, 0.6) is 0 Å². The van der Waals surface area contributed by atoms with Crippen LogP contribution < -0.4 is 10.6 Å². The Hall–Kier alpha value is -1.72. The summed E-state index contributed by atoms with van der Waals surface area (Å²) in [6, 6.07) is -2.37. The van der Waals surface area contributed by atoms with Gasteiger partial charge < -0.3 is 44.3 Å². The molecule has 0 radical (unpaired) electrons. The largest absolute Gasteiger partial charge is 0.695 e. The number of aliphatic hydroxyl groups is 1. The normalized spacial score (nSPS) is 23.8. The number of aliphatic hydroxyl groups excluding tert-OH is 1. The van der Waals surface area contributed by atoms with E-state index in [1.807, 2.05) is 6.92 Å². The van der Waals surface area contributed by atoms with Crippen LogP contribution in [0.25, 0.3) is 0 Å². The third-order valence-corrected chi connectivity index (χ3v) is 17.9. The SMILES string of the molecule is CCCCCC/C=C\CCCCCCCCCC(=O)NC1C(OCC2OC(OP(C)(=O)O)C(NC(=O)CC(=O)CCCCCCCCCCC)C(OCCCCCCCCCC)C2O)OC(CC)C(O[P+](=O)O)C1OCCC(C)CCCCCCC. The molecule has 2 amide bonds. The fourth-order valence-corrected chi connectivity index (χ4v) is 12.7. The monoisotopic (exact) mass is 1260 g/mol. The summed E-state index contributed by atoms with van der Waals surface area (Å²) in [5.74, 6) is -0.855. The number of nitrogens with one attached hydrogen (secondary N) is 2. The predicted molar refractivity (Wildman–Crippen MR) is 345 cm³/mol. The molecule has 13 atom stereocenters. The number of ether oxygens (including phenoxy) is 5. The first-order valence-electron chi connectivity index (χ1n) is 35.0. The van der Waals surface area contributed by atoms with Crippen molar-refractivity contribution in [3.05, 3.63) is 12.2 Å². The Morgan fingerprint density at radius 3 is 1.53 bits per heavy atom. The van der Waals surface area contributed by atoms with Crippen LogP contribution in [0.15, 0.2) is 12.2 Å². The quantitative estimate of drug-likeness (QED) is 0.0165. The van der Waals surface area contributed by atoms with E-state index < -0.39 is 96.1 Å². The summed E-state index contributed by atoms with van der Waals surface area (Å²) in [6.07, 6.45) is 35.2. The van der Waals surface area contributed by atoms with Crippen LogP contribution in [-0.4, -0.2) is 120 Å². The van der Waals surface area contributed by atoms with Crippen LogP contribution in [0, 0.1) is 5.92 Å². The number of amides is 2. The molecule has 5 N–H and O–H groups in total. The van der Waals surface area contributed by atoms with Gasteiger partial charge in [-0.1, -0.05) is 240 Å². The van der Waals surface area contributed by atoms with Gasteiger partial charge in [-0.3, -0.25) is 23.5 Å². The second kappa shape index (κ2) is 51.8. The second-order valence-corrected chi connectivity index (χ2v) is 27.6. The van der Waals surface area contributed by atoms with Gasteiger partial charge in [0.25, 0.3) is 0 Å². The van der Waals surface area contributed by atoms with E-state index in [4.69, 9.17) is 32.7 Å². The minimum absolute atomic E-state index is 0.185. The fourth-order valence-electron chi connectivity index (χ4n) is 11.7. The fraction of sp³-hybridized carbons (Fsp3) is 0.925. The number of ketones is 1. The predicted octanol–water partition coefficient (Wildman–Crippen LogP) is 16.3. The van der Waals surface area contributed by atoms with E-state index in [9.17, 15) is 38.4 Å². The minimum Gasteiger partial charge on any atom is -0.388 e. The average Bonchev–Trinajstić information content (AvgIpc) is 1.69. The number of Topliss-reactive ketones (excluding diaryl/α,β-unsaturated/α-hetero) is 1. The molecule has 0 saturated carbocycles. The van der Waals surface area contributed by atoms with Crippen molar-refractivity contribution in [2.24, 2.45) is 5.92 Å². The Morgan fingerprint density at radius 2 is 1.00 bits per heavy atom. The Bertz CT molecular complexity index is 1790. The first-order chi connectivity index (χ1) is 41.6. The van der Waals surface area contributed by atoms with Gasteiger partial charge in [-0.2, -0.15) is 0 Å². The summed E-state index contributed by atoms with van der Waals surface area (Å²) in [5, 5.41) is 18.2. The van der Waals surface area contributed by atoms with Gasteiger partial charge in [0.2, 0.25) is 11.8 Å². The number of rotatable bonds is 57. The Balaban J connectivity index is 2.37. The highest BCUT2D eigenvalue weighted by Crippen LogP contribution is 2.42. The molecule has 2 rings (SSSR count). The van der Waals surface area contributed by atoms with Crippen molar-refractivity contribution in [1.29, 1.82) is 0 Å². The van der Waals surface area contributed by atoms with E-state index in [2.05, 4.69) is 57.4 Å². The zero-order valence-corrected chi connectivity index (χ0v) is 57.0. The summed E-state index contributed by atoms with van der Waals surface area (Å²) >= 11 is 0. The highest BCUT2D eigenvalue weighted by Gasteiger charge is 2.53. The first kappa shape index (κ1) is 80.4. The Labute approximate surface area is 523 Å². The maximum absolute atomic E-state index is 14.1. The van der Waals surface area contributed by atoms with Crippen molar-refractivity contribution in [3.8, 4) is 0 Å². The lowest BCUT2D eigenvalue weighted by molar-refractivity contribution is -0.296. The Morgan fingerprint density at radius 1 is 0.547 bits per heavy atom. The molecule has 2 saturated heterocycles. The van der Waals surface area contributed by atoms with Crippen molar-refractivity contribution in [2.45, 2.75) is 366 Å². The van der Waals surface area contributed by atoms with Gasteiger partial charge in [0.1, 0.15) is 42.3 Å². The minimum atomic E-state index is -4.34. The van der Waals surface area contributed by atoms with Gasteiger partial charge >= 0.3 is 15.9 Å². The van der Waals surface area contributed by atoms with Crippen LogP contribution >= 0.6 is 15.9 Å². The highest BCUT2D eigenvalue weighted by atomic mass is 31.2. The van der Waals surface area contributed by atoms with Crippen molar-refractivity contribution < 1.29 is 71.1 Å². The molecule has 19 heteroatoms. The third-order valence-electron chi connectivity index (χ3n) is 16.9. The van der Waals surface area contributed by atoms with Gasteiger partial charge in [-0.25, -0.2) is 0 Å². The molecule has 0 spiro atoms. The van der Waals surface area contributed by atoms with Crippen LogP contribution in [0.3, 0.4) is 0 Å². The number of carbonyl (C=O) groups excluding carboxylic acids is 3. The molecule has 0 aliphatic carbocycles. The lowest BCUT2D eigenvalue weighted by Gasteiger charge is -2.46. The molecular weight excluding hydrogens is 1130 g/mol.